The Morgan fingerprint density at radius 3 is 2.33 bits per heavy atom. The van der Waals surface area contributed by atoms with Gasteiger partial charge in [-0.1, -0.05) is 42.5 Å². The van der Waals surface area contributed by atoms with Crippen LogP contribution in [0, 0.1) is 0 Å². The maximum atomic E-state index is 5.94. The second kappa shape index (κ2) is 4.37. The summed E-state index contributed by atoms with van der Waals surface area (Å²) in [5.41, 5.74) is 9.61. The molecule has 3 nitrogen and oxygen atoms in total. The summed E-state index contributed by atoms with van der Waals surface area (Å²) in [4.78, 5) is 0. The van der Waals surface area contributed by atoms with Crippen molar-refractivity contribution >= 4 is 5.69 Å². The number of nitrogens with two attached hydrogens (primary N) is 1. The predicted octanol–water partition coefficient (Wildman–Crippen LogP) is 3.12. The molecule has 0 spiro atoms. The van der Waals surface area contributed by atoms with Gasteiger partial charge in [-0.3, -0.25) is 0 Å². The van der Waals surface area contributed by atoms with Crippen LogP contribution in [-0.4, -0.2) is 9.78 Å². The molecule has 3 heteroatoms. The molecular weight excluding hydrogens is 222 g/mol. The molecule has 0 unspecified atom stereocenters. The lowest BCUT2D eigenvalue weighted by Crippen LogP contribution is -1.99. The molecule has 3 aromatic rings. The van der Waals surface area contributed by atoms with Crippen LogP contribution in [0.4, 0.5) is 5.69 Å². The van der Waals surface area contributed by atoms with Gasteiger partial charge in [-0.2, -0.15) is 5.10 Å². The molecule has 0 aliphatic rings. The minimum atomic E-state index is 0.722. The first-order valence-corrected chi connectivity index (χ1v) is 5.80. The van der Waals surface area contributed by atoms with Crippen molar-refractivity contribution in [2.45, 2.75) is 0 Å². The fraction of sp³-hybridized carbons (Fsp3) is 0. The maximum Gasteiger partial charge on any atom is 0.0927 e. The van der Waals surface area contributed by atoms with E-state index in [1.165, 1.54) is 0 Å². The number of aromatic nitrogens is 2. The lowest BCUT2D eigenvalue weighted by Gasteiger charge is -2.04. The summed E-state index contributed by atoms with van der Waals surface area (Å²) in [6.45, 7) is 0. The largest absolute Gasteiger partial charge is 0.397 e. The number of nitrogens with zero attached hydrogens (tertiary/aromatic N) is 2. The molecule has 0 saturated heterocycles. The van der Waals surface area contributed by atoms with Crippen LogP contribution in [0.25, 0.3) is 16.9 Å². The zero-order valence-corrected chi connectivity index (χ0v) is 9.82. The van der Waals surface area contributed by atoms with Gasteiger partial charge < -0.3 is 5.73 Å². The van der Waals surface area contributed by atoms with Crippen LogP contribution in [0.3, 0.4) is 0 Å². The average Bonchev–Trinajstić information content (AvgIpc) is 2.90. The fourth-order valence-corrected chi connectivity index (χ4v) is 1.92. The molecule has 1 heterocycles. The summed E-state index contributed by atoms with van der Waals surface area (Å²) < 4.78 is 1.80. The molecule has 0 atom stereocenters. The van der Waals surface area contributed by atoms with Crippen LogP contribution in [0.5, 0.6) is 0 Å². The van der Waals surface area contributed by atoms with Crippen LogP contribution < -0.4 is 5.73 Å². The van der Waals surface area contributed by atoms with Gasteiger partial charge in [-0.15, -0.1) is 0 Å². The van der Waals surface area contributed by atoms with Gasteiger partial charge in [0.15, 0.2) is 0 Å². The van der Waals surface area contributed by atoms with E-state index in [9.17, 15) is 0 Å². The van der Waals surface area contributed by atoms with Crippen LogP contribution in [-0.2, 0) is 0 Å². The molecule has 0 aliphatic carbocycles. The van der Waals surface area contributed by atoms with Gasteiger partial charge in [-0.25, -0.2) is 4.68 Å². The minimum Gasteiger partial charge on any atom is -0.397 e. The fourth-order valence-electron chi connectivity index (χ4n) is 1.92. The first-order valence-electron chi connectivity index (χ1n) is 5.80. The van der Waals surface area contributed by atoms with E-state index >= 15 is 0 Å². The molecular formula is C15H13N3. The summed E-state index contributed by atoms with van der Waals surface area (Å²) >= 11 is 0. The first-order chi connectivity index (χ1) is 8.84. The smallest absolute Gasteiger partial charge is 0.0927 e. The molecule has 1 aromatic heterocycles. The molecule has 18 heavy (non-hydrogen) atoms. The van der Waals surface area contributed by atoms with Crippen LogP contribution in [0.1, 0.15) is 0 Å². The Kier molecular flexibility index (Phi) is 2.57. The molecule has 0 radical (unpaired) electrons. The molecule has 3 rings (SSSR count). The molecule has 0 amide bonds. The van der Waals surface area contributed by atoms with E-state index in [1.54, 1.807) is 4.68 Å². The highest BCUT2D eigenvalue weighted by Gasteiger charge is 2.05. The van der Waals surface area contributed by atoms with Crippen molar-refractivity contribution in [3.63, 3.8) is 0 Å². The number of benzene rings is 2. The van der Waals surface area contributed by atoms with Crippen molar-refractivity contribution in [3.8, 4) is 16.9 Å². The standard InChI is InChI=1S/C15H13N3/c16-13-8-4-5-9-15(13)18-11-10-14(17-18)12-6-2-1-3-7-12/h1-11H,16H2. The predicted molar refractivity (Wildman–Crippen MR) is 73.4 cm³/mol. The van der Waals surface area contributed by atoms with Crippen LogP contribution >= 0.6 is 0 Å². The van der Waals surface area contributed by atoms with Gasteiger partial charge in [0.1, 0.15) is 0 Å². The second-order valence-corrected chi connectivity index (χ2v) is 4.07. The summed E-state index contributed by atoms with van der Waals surface area (Å²) in [6.07, 6.45) is 1.92. The van der Waals surface area contributed by atoms with E-state index < -0.39 is 0 Å². The molecule has 88 valence electrons. The third kappa shape index (κ3) is 1.86. The van der Waals surface area contributed by atoms with Crippen molar-refractivity contribution in [2.24, 2.45) is 0 Å². The minimum absolute atomic E-state index is 0.722. The summed E-state index contributed by atoms with van der Waals surface area (Å²) in [5, 5.41) is 4.55. The van der Waals surface area contributed by atoms with Gasteiger partial charge in [0.05, 0.1) is 17.1 Å². The Hall–Kier alpha value is -2.55. The molecule has 0 saturated carbocycles. The molecule has 2 aromatic carbocycles. The zero-order chi connectivity index (χ0) is 12.4. The molecule has 0 bridgehead atoms. The number of anilines is 1. The third-order valence-electron chi connectivity index (χ3n) is 2.84. The highest BCUT2D eigenvalue weighted by atomic mass is 15.3. The molecule has 0 aliphatic heterocycles. The lowest BCUT2D eigenvalue weighted by atomic mass is 10.2. The Labute approximate surface area is 105 Å². The Morgan fingerprint density at radius 1 is 0.833 bits per heavy atom. The third-order valence-corrected chi connectivity index (χ3v) is 2.84. The maximum absolute atomic E-state index is 5.94. The number of rotatable bonds is 2. The summed E-state index contributed by atoms with van der Waals surface area (Å²) in [6, 6.07) is 19.8. The van der Waals surface area contributed by atoms with Crippen molar-refractivity contribution in [3.05, 3.63) is 66.9 Å². The van der Waals surface area contributed by atoms with Crippen LogP contribution in [0.2, 0.25) is 0 Å². The van der Waals surface area contributed by atoms with Crippen LogP contribution in [0.15, 0.2) is 66.9 Å². The summed E-state index contributed by atoms with van der Waals surface area (Å²) in [5.74, 6) is 0. The SMILES string of the molecule is Nc1ccccc1-n1ccc(-c2ccccc2)n1. The Morgan fingerprint density at radius 2 is 1.56 bits per heavy atom. The Bertz CT molecular complexity index is 656. The average molecular weight is 235 g/mol. The molecule has 2 N–H and O–H groups in total. The Balaban J connectivity index is 2.03. The number of nitrogen functional groups attached to an aromatic ring is 1. The van der Waals surface area contributed by atoms with E-state index in [0.717, 1.165) is 22.6 Å². The van der Waals surface area contributed by atoms with Gasteiger partial charge in [0, 0.05) is 11.8 Å². The van der Waals surface area contributed by atoms with Crippen molar-refractivity contribution < 1.29 is 0 Å². The summed E-state index contributed by atoms with van der Waals surface area (Å²) in [7, 11) is 0. The van der Waals surface area contributed by atoms with E-state index in [4.69, 9.17) is 5.73 Å². The van der Waals surface area contributed by atoms with Crippen molar-refractivity contribution in [1.82, 2.24) is 9.78 Å². The van der Waals surface area contributed by atoms with E-state index in [1.807, 2.05) is 66.9 Å². The van der Waals surface area contributed by atoms with E-state index in [2.05, 4.69) is 5.10 Å². The molecule has 0 fully saturated rings. The van der Waals surface area contributed by atoms with E-state index in [0.29, 0.717) is 0 Å². The zero-order valence-electron chi connectivity index (χ0n) is 9.82. The number of hydrogen-bond donors (Lipinski definition) is 1. The topological polar surface area (TPSA) is 43.8 Å². The second-order valence-electron chi connectivity index (χ2n) is 4.07. The lowest BCUT2D eigenvalue weighted by molar-refractivity contribution is 0.887. The highest BCUT2D eigenvalue weighted by molar-refractivity contribution is 5.61. The van der Waals surface area contributed by atoms with Gasteiger partial charge in [0.25, 0.3) is 0 Å². The highest BCUT2D eigenvalue weighted by Crippen LogP contribution is 2.20. The van der Waals surface area contributed by atoms with Crippen molar-refractivity contribution in [2.75, 3.05) is 5.73 Å². The van der Waals surface area contributed by atoms with Gasteiger partial charge in [-0.05, 0) is 18.2 Å². The quantitative estimate of drug-likeness (QED) is 0.693. The normalized spacial score (nSPS) is 10.4. The number of para-hydroxylation sites is 2. The monoisotopic (exact) mass is 235 g/mol. The van der Waals surface area contributed by atoms with E-state index in [-0.39, 0.29) is 0 Å². The van der Waals surface area contributed by atoms with Crippen molar-refractivity contribution in [1.29, 1.82) is 0 Å². The number of hydrogen-bond acceptors (Lipinski definition) is 2. The van der Waals surface area contributed by atoms with Gasteiger partial charge in [0.2, 0.25) is 0 Å². The first kappa shape index (κ1) is 10.6. The van der Waals surface area contributed by atoms with Gasteiger partial charge >= 0.3 is 0 Å².